The summed E-state index contributed by atoms with van der Waals surface area (Å²) in [5.74, 6) is 0.685. The fourth-order valence-electron chi connectivity index (χ4n) is 1.97. The van der Waals surface area contributed by atoms with Crippen molar-refractivity contribution in [1.82, 2.24) is 10.3 Å². The van der Waals surface area contributed by atoms with Crippen molar-refractivity contribution in [3.8, 4) is 0 Å². The molecule has 0 bridgehead atoms. The number of carbonyl (C=O) groups is 1. The molecule has 2 heterocycles. The average Bonchev–Trinajstić information content (AvgIpc) is 2.83. The summed E-state index contributed by atoms with van der Waals surface area (Å²) in [7, 11) is 0. The van der Waals surface area contributed by atoms with Crippen LogP contribution in [0.15, 0.2) is 18.3 Å². The van der Waals surface area contributed by atoms with Crippen LogP contribution in [0.4, 0.5) is 5.69 Å². The number of nitrogens with zero attached hydrogens (tertiary/aromatic N) is 1. The second kappa shape index (κ2) is 5.98. The van der Waals surface area contributed by atoms with E-state index < -0.39 is 0 Å². The largest absolute Gasteiger partial charge is 0.325 e. The third-order valence-electron chi connectivity index (χ3n) is 2.95. The maximum atomic E-state index is 11.7. The van der Waals surface area contributed by atoms with Gasteiger partial charge in [-0.3, -0.25) is 4.79 Å². The topological polar surface area (TPSA) is 54.0 Å². The molecule has 1 atom stereocenters. The van der Waals surface area contributed by atoms with E-state index >= 15 is 0 Å². The third-order valence-corrected chi connectivity index (χ3v) is 3.18. The van der Waals surface area contributed by atoms with Crippen molar-refractivity contribution in [2.24, 2.45) is 5.92 Å². The summed E-state index contributed by atoms with van der Waals surface area (Å²) in [5.41, 5.74) is 0.698. The van der Waals surface area contributed by atoms with Crippen LogP contribution in [0.3, 0.4) is 0 Å². The number of halogens is 1. The molecular formula is C12H16ClN3O. The van der Waals surface area contributed by atoms with Gasteiger partial charge in [0.1, 0.15) is 5.15 Å². The number of amides is 1. The SMILES string of the molecule is O=C(CCC1CCNC1)Nc1ccc(Cl)nc1. The lowest BCUT2D eigenvalue weighted by molar-refractivity contribution is -0.116. The molecule has 1 amide bonds. The zero-order valence-corrected chi connectivity index (χ0v) is 10.3. The van der Waals surface area contributed by atoms with Crippen LogP contribution in [0.1, 0.15) is 19.3 Å². The van der Waals surface area contributed by atoms with Gasteiger partial charge in [-0.1, -0.05) is 11.6 Å². The minimum Gasteiger partial charge on any atom is -0.325 e. The van der Waals surface area contributed by atoms with Crippen molar-refractivity contribution in [3.63, 3.8) is 0 Å². The molecule has 0 spiro atoms. The van der Waals surface area contributed by atoms with Crippen molar-refractivity contribution >= 4 is 23.2 Å². The molecule has 0 aromatic carbocycles. The maximum absolute atomic E-state index is 11.7. The van der Waals surface area contributed by atoms with E-state index in [2.05, 4.69) is 15.6 Å². The Morgan fingerprint density at radius 2 is 2.47 bits per heavy atom. The number of anilines is 1. The third kappa shape index (κ3) is 3.98. The van der Waals surface area contributed by atoms with E-state index in [0.29, 0.717) is 23.2 Å². The Balaban J connectivity index is 1.74. The Labute approximate surface area is 106 Å². The van der Waals surface area contributed by atoms with E-state index in [1.165, 1.54) is 6.42 Å². The van der Waals surface area contributed by atoms with Crippen molar-refractivity contribution < 1.29 is 4.79 Å². The van der Waals surface area contributed by atoms with Crippen molar-refractivity contribution in [2.45, 2.75) is 19.3 Å². The number of rotatable bonds is 4. The van der Waals surface area contributed by atoms with Gasteiger partial charge in [0.15, 0.2) is 0 Å². The smallest absolute Gasteiger partial charge is 0.224 e. The Morgan fingerprint density at radius 3 is 3.12 bits per heavy atom. The van der Waals surface area contributed by atoms with Gasteiger partial charge in [0.05, 0.1) is 11.9 Å². The van der Waals surface area contributed by atoms with Crippen LogP contribution in [-0.4, -0.2) is 24.0 Å². The second-order valence-corrected chi connectivity index (χ2v) is 4.70. The first kappa shape index (κ1) is 12.3. The highest BCUT2D eigenvalue weighted by Crippen LogP contribution is 2.15. The van der Waals surface area contributed by atoms with Gasteiger partial charge in [0, 0.05) is 6.42 Å². The van der Waals surface area contributed by atoms with Crippen LogP contribution in [-0.2, 0) is 4.79 Å². The van der Waals surface area contributed by atoms with Crippen molar-refractivity contribution in [3.05, 3.63) is 23.5 Å². The Hall–Kier alpha value is -1.13. The first-order valence-corrected chi connectivity index (χ1v) is 6.24. The minimum absolute atomic E-state index is 0.0426. The van der Waals surface area contributed by atoms with Crippen molar-refractivity contribution in [2.75, 3.05) is 18.4 Å². The maximum Gasteiger partial charge on any atom is 0.224 e. The number of hydrogen-bond donors (Lipinski definition) is 2. The van der Waals surface area contributed by atoms with Gasteiger partial charge >= 0.3 is 0 Å². The molecule has 0 saturated carbocycles. The lowest BCUT2D eigenvalue weighted by Crippen LogP contribution is -2.15. The summed E-state index contributed by atoms with van der Waals surface area (Å²) in [6.45, 7) is 2.11. The highest BCUT2D eigenvalue weighted by atomic mass is 35.5. The number of nitrogens with one attached hydrogen (secondary N) is 2. The van der Waals surface area contributed by atoms with Gasteiger partial charge in [-0.05, 0) is 44.0 Å². The van der Waals surface area contributed by atoms with Crippen LogP contribution in [0.25, 0.3) is 0 Å². The van der Waals surface area contributed by atoms with E-state index in [-0.39, 0.29) is 5.91 Å². The van der Waals surface area contributed by atoms with Gasteiger partial charge in [-0.2, -0.15) is 0 Å². The van der Waals surface area contributed by atoms with Gasteiger partial charge < -0.3 is 10.6 Å². The highest BCUT2D eigenvalue weighted by molar-refractivity contribution is 6.29. The highest BCUT2D eigenvalue weighted by Gasteiger charge is 2.15. The molecule has 1 aliphatic rings. The minimum atomic E-state index is 0.0426. The zero-order chi connectivity index (χ0) is 12.1. The lowest BCUT2D eigenvalue weighted by Gasteiger charge is -2.08. The lowest BCUT2D eigenvalue weighted by atomic mass is 10.0. The number of pyridine rings is 1. The molecule has 1 saturated heterocycles. The monoisotopic (exact) mass is 253 g/mol. The summed E-state index contributed by atoms with van der Waals surface area (Å²) >= 11 is 5.66. The first-order chi connectivity index (χ1) is 8.24. The Kier molecular flexibility index (Phi) is 4.34. The number of hydrogen-bond acceptors (Lipinski definition) is 3. The molecule has 2 rings (SSSR count). The molecule has 4 nitrogen and oxygen atoms in total. The van der Waals surface area contributed by atoms with Crippen LogP contribution < -0.4 is 10.6 Å². The van der Waals surface area contributed by atoms with E-state index in [1.54, 1.807) is 18.3 Å². The Morgan fingerprint density at radius 1 is 1.59 bits per heavy atom. The Bertz CT molecular complexity index is 374. The average molecular weight is 254 g/mol. The molecule has 1 aromatic heterocycles. The molecule has 1 unspecified atom stereocenters. The molecule has 1 aliphatic heterocycles. The molecular weight excluding hydrogens is 238 g/mol. The quantitative estimate of drug-likeness (QED) is 0.808. The van der Waals surface area contributed by atoms with Crippen LogP contribution in [0, 0.1) is 5.92 Å². The summed E-state index contributed by atoms with van der Waals surface area (Å²) < 4.78 is 0. The first-order valence-electron chi connectivity index (χ1n) is 5.86. The standard InChI is InChI=1S/C12H16ClN3O/c13-11-3-2-10(8-15-11)16-12(17)4-1-9-5-6-14-7-9/h2-3,8-9,14H,1,4-7H2,(H,16,17). The summed E-state index contributed by atoms with van der Waals surface area (Å²) in [5, 5.41) is 6.54. The zero-order valence-electron chi connectivity index (χ0n) is 9.58. The second-order valence-electron chi connectivity index (χ2n) is 4.32. The van der Waals surface area contributed by atoms with Gasteiger partial charge in [-0.15, -0.1) is 0 Å². The predicted octanol–water partition coefficient (Wildman–Crippen LogP) is 2.06. The number of carbonyl (C=O) groups excluding carboxylic acids is 1. The summed E-state index contributed by atoms with van der Waals surface area (Å²) in [6, 6.07) is 3.42. The van der Waals surface area contributed by atoms with Gasteiger partial charge in [0.25, 0.3) is 0 Å². The van der Waals surface area contributed by atoms with Crippen LogP contribution in [0.5, 0.6) is 0 Å². The van der Waals surface area contributed by atoms with Gasteiger partial charge in [0.2, 0.25) is 5.91 Å². The molecule has 1 fully saturated rings. The van der Waals surface area contributed by atoms with E-state index in [0.717, 1.165) is 19.5 Å². The van der Waals surface area contributed by atoms with E-state index in [4.69, 9.17) is 11.6 Å². The molecule has 1 aromatic rings. The van der Waals surface area contributed by atoms with Crippen molar-refractivity contribution in [1.29, 1.82) is 0 Å². The normalized spacial score (nSPS) is 19.2. The molecule has 17 heavy (non-hydrogen) atoms. The van der Waals surface area contributed by atoms with E-state index in [9.17, 15) is 4.79 Å². The predicted molar refractivity (Wildman–Crippen MR) is 68.1 cm³/mol. The molecule has 5 heteroatoms. The van der Waals surface area contributed by atoms with Gasteiger partial charge in [-0.25, -0.2) is 4.98 Å². The molecule has 0 aliphatic carbocycles. The molecule has 2 N–H and O–H groups in total. The van der Waals surface area contributed by atoms with E-state index in [1.807, 2.05) is 0 Å². The number of aromatic nitrogens is 1. The van der Waals surface area contributed by atoms with Crippen LogP contribution in [0.2, 0.25) is 5.15 Å². The molecule has 0 radical (unpaired) electrons. The molecule has 92 valence electrons. The fraction of sp³-hybridized carbons (Fsp3) is 0.500. The van der Waals surface area contributed by atoms with Crippen LogP contribution >= 0.6 is 11.6 Å². The fourth-order valence-corrected chi connectivity index (χ4v) is 2.08. The summed E-state index contributed by atoms with van der Waals surface area (Å²) in [6.07, 6.45) is 4.25. The summed E-state index contributed by atoms with van der Waals surface area (Å²) in [4.78, 5) is 15.6.